The van der Waals surface area contributed by atoms with Gasteiger partial charge in [0, 0.05) is 38.8 Å². The van der Waals surface area contributed by atoms with Crippen LogP contribution in [0.5, 0.6) is 0 Å². The minimum absolute atomic E-state index is 0.137. The van der Waals surface area contributed by atoms with Gasteiger partial charge in [0.1, 0.15) is 12.2 Å². The maximum atomic E-state index is 13.1. The molecule has 12 nitrogen and oxygen atoms in total. The van der Waals surface area contributed by atoms with Gasteiger partial charge in [-0.3, -0.25) is 0 Å². The maximum Gasteiger partial charge on any atom is 0.426 e. The van der Waals surface area contributed by atoms with Gasteiger partial charge in [-0.25, -0.2) is 19.2 Å². The topological polar surface area (TPSA) is 136 Å². The van der Waals surface area contributed by atoms with Crippen LogP contribution in [0.3, 0.4) is 0 Å². The molecular weight excluding hydrogens is 700 g/mol. The van der Waals surface area contributed by atoms with E-state index < -0.39 is 34.3 Å². The number of hydrogen-bond donors (Lipinski definition) is 2. The number of piperidine rings is 2. The highest BCUT2D eigenvalue weighted by atomic mass is 16.7. The molecule has 2 amide bonds. The molecule has 4 rings (SSSR count). The smallest absolute Gasteiger partial charge is 0.426 e. The monoisotopic (exact) mass is 764 g/mol. The van der Waals surface area contributed by atoms with E-state index in [4.69, 9.17) is 19.1 Å². The Balaban J connectivity index is 1.19. The van der Waals surface area contributed by atoms with Crippen LogP contribution in [0.2, 0.25) is 0 Å². The molecule has 2 heterocycles. The summed E-state index contributed by atoms with van der Waals surface area (Å²) in [5.74, 6) is -0.581. The number of hydrogen-bond acceptors (Lipinski definition) is 10. The van der Waals surface area contributed by atoms with E-state index in [0.29, 0.717) is 56.3 Å². The Morgan fingerprint density at radius 3 is 1.40 bits per heavy atom. The van der Waals surface area contributed by atoms with Gasteiger partial charge in [-0.2, -0.15) is 0 Å². The predicted octanol–water partition coefficient (Wildman–Crippen LogP) is 8.47. The minimum atomic E-state index is -0.582. The van der Waals surface area contributed by atoms with Gasteiger partial charge in [0.25, 0.3) is 0 Å². The number of benzene rings is 2. The lowest BCUT2D eigenvalue weighted by atomic mass is 9.80. The first-order valence-electron chi connectivity index (χ1n) is 19.5. The molecule has 0 spiro atoms. The summed E-state index contributed by atoms with van der Waals surface area (Å²) in [5, 5.41) is 9.32. The largest absolute Gasteiger partial charge is 0.459 e. The van der Waals surface area contributed by atoms with E-state index in [2.05, 4.69) is 31.4 Å². The van der Waals surface area contributed by atoms with Gasteiger partial charge in [-0.1, -0.05) is 57.2 Å². The normalized spacial score (nSPS) is 20.4. The molecule has 2 aromatic rings. The molecule has 1 atom stereocenters. The molecule has 1 unspecified atom stereocenters. The second-order valence-electron chi connectivity index (χ2n) is 18.7. The molecule has 2 fully saturated rings. The summed E-state index contributed by atoms with van der Waals surface area (Å²) in [4.78, 5) is 63.4. The molecule has 2 aliphatic rings. The fraction of sp³-hybridized carbons (Fsp3) is 0.628. The summed E-state index contributed by atoms with van der Waals surface area (Å²) in [6.07, 6.45) is 1.83. The Kier molecular flexibility index (Phi) is 13.7. The molecule has 2 N–H and O–H groups in total. The predicted molar refractivity (Wildman–Crippen MR) is 211 cm³/mol. The number of amides is 2. The molecule has 55 heavy (non-hydrogen) atoms. The van der Waals surface area contributed by atoms with Crippen LogP contribution >= 0.6 is 0 Å². The van der Waals surface area contributed by atoms with Crippen molar-refractivity contribution < 1.29 is 38.3 Å². The average Bonchev–Trinajstić information content (AvgIpc) is 3.07. The van der Waals surface area contributed by atoms with Crippen molar-refractivity contribution in [2.45, 2.75) is 149 Å². The first-order valence-corrected chi connectivity index (χ1v) is 19.5. The molecule has 2 aromatic carbocycles. The van der Waals surface area contributed by atoms with E-state index in [-0.39, 0.29) is 35.5 Å². The Hall–Kier alpha value is -4.16. The molecule has 0 radical (unpaired) electrons. The lowest BCUT2D eigenvalue weighted by molar-refractivity contribution is -0.254. The van der Waals surface area contributed by atoms with Crippen molar-refractivity contribution in [3.05, 3.63) is 71.8 Å². The quantitative estimate of drug-likeness (QED) is 0.191. The molecule has 2 saturated heterocycles. The molecule has 12 heteroatoms. The summed E-state index contributed by atoms with van der Waals surface area (Å²) < 4.78 is 11.8. The fourth-order valence-corrected chi connectivity index (χ4v) is 8.70. The zero-order valence-electron chi connectivity index (χ0n) is 34.8. The third-order valence-electron chi connectivity index (χ3n) is 10.6. The second-order valence-corrected chi connectivity index (χ2v) is 18.7. The molecule has 0 bridgehead atoms. The molecule has 0 aliphatic carbocycles. The number of carbonyl (C=O) groups is 4. The first-order chi connectivity index (χ1) is 25.5. The van der Waals surface area contributed by atoms with Crippen LogP contribution in [0.1, 0.15) is 135 Å². The highest BCUT2D eigenvalue weighted by molar-refractivity contribution is 5.90. The van der Waals surface area contributed by atoms with E-state index in [1.165, 1.54) is 0 Å². The maximum absolute atomic E-state index is 13.1. The first kappa shape index (κ1) is 43.6. The third kappa shape index (κ3) is 12.2. The zero-order chi connectivity index (χ0) is 40.8. The third-order valence-corrected chi connectivity index (χ3v) is 10.6. The fourth-order valence-electron chi connectivity index (χ4n) is 8.70. The zero-order valence-corrected chi connectivity index (χ0v) is 34.8. The summed E-state index contributed by atoms with van der Waals surface area (Å²) in [5.41, 5.74) is -1.44. The standard InChI is InChI=1S/C43H64N4O8/c1-30(29-45-38(51)55-47-42(8,9)27-34(28-43(47,10)11)53-36(49)32-20-16-13-17-21-32)24-39(2,3)22-23-44-37(50)54-46-40(4,5)25-33(26-41(46,6)7)52-35(48)31-18-14-12-15-19-31/h12-21,30,33-34H,22-29H2,1-11H3,(H,44,50)(H,45,51). The van der Waals surface area contributed by atoms with Crippen LogP contribution in [0.4, 0.5) is 9.59 Å². The molecule has 2 aliphatic heterocycles. The highest BCUT2D eigenvalue weighted by Gasteiger charge is 2.51. The van der Waals surface area contributed by atoms with Crippen molar-refractivity contribution in [3.8, 4) is 0 Å². The van der Waals surface area contributed by atoms with Gasteiger partial charge >= 0.3 is 24.1 Å². The van der Waals surface area contributed by atoms with Crippen molar-refractivity contribution in [2.24, 2.45) is 11.3 Å². The number of nitrogens with one attached hydrogen (secondary N) is 2. The van der Waals surface area contributed by atoms with Crippen LogP contribution in [-0.2, 0) is 19.1 Å². The molecule has 0 aromatic heterocycles. The number of esters is 2. The molecule has 0 saturated carbocycles. The Morgan fingerprint density at radius 1 is 0.655 bits per heavy atom. The lowest BCUT2D eigenvalue weighted by Gasteiger charge is -2.52. The van der Waals surface area contributed by atoms with Crippen LogP contribution in [0.25, 0.3) is 0 Å². The number of nitrogens with zero attached hydrogens (tertiary/aromatic N) is 2. The van der Waals surface area contributed by atoms with Gasteiger partial charge in [-0.05, 0) is 104 Å². The Labute approximate surface area is 327 Å². The second kappa shape index (κ2) is 17.3. The number of ether oxygens (including phenoxy) is 2. The highest BCUT2D eigenvalue weighted by Crippen LogP contribution is 2.41. The van der Waals surface area contributed by atoms with E-state index in [9.17, 15) is 19.2 Å². The van der Waals surface area contributed by atoms with Gasteiger partial charge in [-0.15, -0.1) is 10.1 Å². The van der Waals surface area contributed by atoms with E-state index in [1.807, 2.05) is 91.8 Å². The van der Waals surface area contributed by atoms with Crippen molar-refractivity contribution >= 4 is 24.1 Å². The average molecular weight is 765 g/mol. The molecule has 304 valence electrons. The number of hydroxylamine groups is 4. The molecular formula is C43H64N4O8. The van der Waals surface area contributed by atoms with Crippen LogP contribution < -0.4 is 10.6 Å². The SMILES string of the molecule is CC(CNC(=O)ON1C(C)(C)CC(OC(=O)c2ccccc2)CC1(C)C)CC(C)(C)CCNC(=O)ON1C(C)(C)CC(OC(=O)c2ccccc2)CC1(C)C. The summed E-state index contributed by atoms with van der Waals surface area (Å²) >= 11 is 0. The Morgan fingerprint density at radius 2 is 1.02 bits per heavy atom. The lowest BCUT2D eigenvalue weighted by Crippen LogP contribution is -2.63. The van der Waals surface area contributed by atoms with Crippen molar-refractivity contribution in [3.63, 3.8) is 0 Å². The van der Waals surface area contributed by atoms with Gasteiger partial charge in [0.15, 0.2) is 0 Å². The van der Waals surface area contributed by atoms with E-state index in [0.717, 1.165) is 6.42 Å². The van der Waals surface area contributed by atoms with Crippen molar-refractivity contribution in [1.82, 2.24) is 20.8 Å². The van der Waals surface area contributed by atoms with E-state index >= 15 is 0 Å². The summed E-state index contributed by atoms with van der Waals surface area (Å²) in [7, 11) is 0. The van der Waals surface area contributed by atoms with Crippen LogP contribution in [-0.4, -0.2) is 81.7 Å². The van der Waals surface area contributed by atoms with Gasteiger partial charge in [0.2, 0.25) is 0 Å². The van der Waals surface area contributed by atoms with Crippen LogP contribution in [0, 0.1) is 11.3 Å². The number of carbonyl (C=O) groups excluding carboxylic acids is 4. The van der Waals surface area contributed by atoms with E-state index in [1.54, 1.807) is 34.4 Å². The van der Waals surface area contributed by atoms with Crippen molar-refractivity contribution in [2.75, 3.05) is 13.1 Å². The summed E-state index contributed by atoms with van der Waals surface area (Å²) in [6.45, 7) is 23.1. The minimum Gasteiger partial charge on any atom is -0.459 e. The van der Waals surface area contributed by atoms with Gasteiger partial charge < -0.3 is 29.8 Å². The number of rotatable bonds is 13. The Bertz CT molecular complexity index is 1590. The van der Waals surface area contributed by atoms with Gasteiger partial charge in [0.05, 0.1) is 33.3 Å². The van der Waals surface area contributed by atoms with Crippen LogP contribution in [0.15, 0.2) is 60.7 Å². The summed E-state index contributed by atoms with van der Waals surface area (Å²) in [6, 6.07) is 17.9. The van der Waals surface area contributed by atoms with Crippen molar-refractivity contribution in [1.29, 1.82) is 0 Å².